The fourth-order valence-electron chi connectivity index (χ4n) is 2.07. The fraction of sp³-hybridized carbons (Fsp3) is 0.600. The molecule has 0 bridgehead atoms. The average Bonchev–Trinajstić information content (AvgIpc) is 2.56. The molecule has 1 saturated heterocycles. The Kier molecular flexibility index (Phi) is 11.3. The van der Waals surface area contributed by atoms with Crippen molar-refractivity contribution >= 4 is 12.0 Å². The van der Waals surface area contributed by atoms with Crippen molar-refractivity contribution in [2.24, 2.45) is 0 Å². The number of nitrogens with one attached hydrogen (secondary N) is 1. The highest BCUT2D eigenvalue weighted by molar-refractivity contribution is 5.73. The van der Waals surface area contributed by atoms with Crippen LogP contribution < -0.4 is 5.32 Å². The Balaban J connectivity index is 0.000000348. The number of piperidine rings is 1. The molecule has 2 amide bonds. The summed E-state index contributed by atoms with van der Waals surface area (Å²) in [6, 6.07) is 10.3. The van der Waals surface area contributed by atoms with Crippen molar-refractivity contribution in [1.82, 2.24) is 10.2 Å². The zero-order valence-corrected chi connectivity index (χ0v) is 16.6. The fourth-order valence-corrected chi connectivity index (χ4v) is 2.07. The van der Waals surface area contributed by atoms with Gasteiger partial charge in [0.2, 0.25) is 5.91 Å². The SMILES string of the molecule is CC(=O)N1CCCCC1.CNC(=O)OC(C)(C)C.Cc1ccccc1. The predicted octanol–water partition coefficient (Wildman–Crippen LogP) is 4.15. The van der Waals surface area contributed by atoms with Crippen LogP contribution in [0.15, 0.2) is 30.3 Å². The van der Waals surface area contributed by atoms with Crippen LogP contribution in [-0.4, -0.2) is 42.6 Å². The monoisotopic (exact) mass is 350 g/mol. The van der Waals surface area contributed by atoms with E-state index in [2.05, 4.69) is 24.4 Å². The largest absolute Gasteiger partial charge is 0.444 e. The van der Waals surface area contributed by atoms with E-state index in [-0.39, 0.29) is 17.6 Å². The minimum Gasteiger partial charge on any atom is -0.444 e. The van der Waals surface area contributed by atoms with Crippen LogP contribution in [-0.2, 0) is 9.53 Å². The quantitative estimate of drug-likeness (QED) is 0.764. The molecule has 0 saturated carbocycles. The molecule has 142 valence electrons. The van der Waals surface area contributed by atoms with Crippen molar-refractivity contribution in [3.05, 3.63) is 35.9 Å². The lowest BCUT2D eigenvalue weighted by Gasteiger charge is -2.24. The van der Waals surface area contributed by atoms with Crippen LogP contribution in [0, 0.1) is 6.92 Å². The van der Waals surface area contributed by atoms with Crippen molar-refractivity contribution in [2.45, 2.75) is 59.5 Å². The Hall–Kier alpha value is -2.04. The first-order chi connectivity index (χ1) is 11.7. The van der Waals surface area contributed by atoms with Gasteiger partial charge in [0, 0.05) is 27.1 Å². The zero-order valence-electron chi connectivity index (χ0n) is 16.6. The van der Waals surface area contributed by atoms with E-state index in [9.17, 15) is 9.59 Å². The lowest BCUT2D eigenvalue weighted by molar-refractivity contribution is -0.129. The van der Waals surface area contributed by atoms with E-state index in [4.69, 9.17) is 4.74 Å². The highest BCUT2D eigenvalue weighted by atomic mass is 16.6. The van der Waals surface area contributed by atoms with Crippen molar-refractivity contribution < 1.29 is 14.3 Å². The predicted molar refractivity (Wildman–Crippen MR) is 103 cm³/mol. The Bertz CT molecular complexity index is 489. The maximum Gasteiger partial charge on any atom is 0.407 e. The number of alkyl carbamates (subject to hydrolysis) is 1. The number of hydrogen-bond acceptors (Lipinski definition) is 3. The van der Waals surface area contributed by atoms with Gasteiger partial charge in [0.1, 0.15) is 5.60 Å². The maximum atomic E-state index is 10.7. The van der Waals surface area contributed by atoms with Crippen LogP contribution in [0.2, 0.25) is 0 Å². The first kappa shape index (κ1) is 23.0. The summed E-state index contributed by atoms with van der Waals surface area (Å²) in [5.41, 5.74) is 0.933. The Morgan fingerprint density at radius 2 is 1.56 bits per heavy atom. The summed E-state index contributed by atoms with van der Waals surface area (Å²) < 4.78 is 4.84. The minimum atomic E-state index is -0.389. The standard InChI is InChI=1S/C7H13NO.C7H8.C6H13NO2/c1-7(9)8-5-3-2-4-6-8;1-7-5-3-2-4-6-7;1-6(2,3)9-5(8)7-4/h2-6H2,1H3;2-6H,1H3;1-4H3,(H,7,8). The third kappa shape index (κ3) is 14.0. The van der Waals surface area contributed by atoms with Crippen molar-refractivity contribution in [3.8, 4) is 0 Å². The van der Waals surface area contributed by atoms with E-state index >= 15 is 0 Å². The second-order valence-electron chi connectivity index (χ2n) is 6.97. The number of nitrogens with zero attached hydrogens (tertiary/aromatic N) is 1. The summed E-state index contributed by atoms with van der Waals surface area (Å²) in [5.74, 6) is 0.231. The molecule has 1 aromatic carbocycles. The molecule has 1 N–H and O–H groups in total. The topological polar surface area (TPSA) is 58.6 Å². The number of benzene rings is 1. The van der Waals surface area contributed by atoms with Gasteiger partial charge in [0.25, 0.3) is 0 Å². The molecule has 1 aromatic rings. The first-order valence-electron chi connectivity index (χ1n) is 8.83. The third-order valence-electron chi connectivity index (χ3n) is 3.34. The van der Waals surface area contributed by atoms with Crippen molar-refractivity contribution in [3.63, 3.8) is 0 Å². The first-order valence-corrected chi connectivity index (χ1v) is 8.83. The van der Waals surface area contributed by atoms with Gasteiger partial charge in [-0.25, -0.2) is 4.79 Å². The van der Waals surface area contributed by atoms with Gasteiger partial charge in [-0.1, -0.05) is 35.9 Å². The van der Waals surface area contributed by atoms with Crippen LogP contribution in [0.5, 0.6) is 0 Å². The van der Waals surface area contributed by atoms with Gasteiger partial charge in [-0.15, -0.1) is 0 Å². The third-order valence-corrected chi connectivity index (χ3v) is 3.34. The summed E-state index contributed by atoms with van der Waals surface area (Å²) in [6.45, 7) is 11.2. The Morgan fingerprint density at radius 3 is 1.80 bits per heavy atom. The molecular formula is C20H34N2O3. The summed E-state index contributed by atoms with van der Waals surface area (Å²) >= 11 is 0. The smallest absolute Gasteiger partial charge is 0.407 e. The van der Waals surface area contributed by atoms with Gasteiger partial charge in [-0.2, -0.15) is 0 Å². The van der Waals surface area contributed by atoms with E-state index < -0.39 is 0 Å². The van der Waals surface area contributed by atoms with Gasteiger partial charge < -0.3 is 15.0 Å². The molecule has 0 radical (unpaired) electrons. The number of likely N-dealkylation sites (tertiary alicyclic amines) is 1. The van der Waals surface area contributed by atoms with Gasteiger partial charge >= 0.3 is 6.09 Å². The number of aryl methyl sites for hydroxylation is 1. The zero-order chi connectivity index (χ0) is 19.3. The molecule has 0 aliphatic carbocycles. The van der Waals surface area contributed by atoms with Gasteiger partial charge in [0.15, 0.2) is 0 Å². The molecule has 1 heterocycles. The van der Waals surface area contributed by atoms with E-state index in [1.165, 1.54) is 31.9 Å². The molecule has 5 nitrogen and oxygen atoms in total. The van der Waals surface area contributed by atoms with Crippen LogP contribution in [0.4, 0.5) is 4.79 Å². The van der Waals surface area contributed by atoms with Crippen LogP contribution in [0.3, 0.4) is 0 Å². The molecule has 25 heavy (non-hydrogen) atoms. The summed E-state index contributed by atoms with van der Waals surface area (Å²) in [4.78, 5) is 23.1. The highest BCUT2D eigenvalue weighted by Gasteiger charge is 2.14. The molecule has 0 spiro atoms. The highest BCUT2D eigenvalue weighted by Crippen LogP contribution is 2.07. The molecule has 0 aromatic heterocycles. The van der Waals surface area contributed by atoms with E-state index in [0.29, 0.717) is 0 Å². The molecule has 0 atom stereocenters. The number of rotatable bonds is 0. The van der Waals surface area contributed by atoms with E-state index in [1.807, 2.05) is 43.9 Å². The lowest BCUT2D eigenvalue weighted by Crippen LogP contribution is -2.33. The number of ether oxygens (including phenoxy) is 1. The number of carbonyl (C=O) groups excluding carboxylic acids is 2. The second-order valence-corrected chi connectivity index (χ2v) is 6.97. The number of carbonyl (C=O) groups is 2. The molecule has 0 unspecified atom stereocenters. The Labute approximate surface area is 152 Å². The van der Waals surface area contributed by atoms with Crippen LogP contribution >= 0.6 is 0 Å². The van der Waals surface area contributed by atoms with Gasteiger partial charge in [-0.3, -0.25) is 4.79 Å². The summed E-state index contributed by atoms with van der Waals surface area (Å²) in [5, 5.41) is 2.36. The average molecular weight is 351 g/mol. The number of amides is 2. The van der Waals surface area contributed by atoms with E-state index in [0.717, 1.165) is 13.1 Å². The molecule has 1 aliphatic heterocycles. The molecular weight excluding hydrogens is 316 g/mol. The van der Waals surface area contributed by atoms with Gasteiger partial charge in [0.05, 0.1) is 0 Å². The Morgan fingerprint density at radius 1 is 1.04 bits per heavy atom. The summed E-state index contributed by atoms with van der Waals surface area (Å²) in [6.07, 6.45) is 3.30. The van der Waals surface area contributed by atoms with Crippen LogP contribution in [0.25, 0.3) is 0 Å². The molecule has 1 aliphatic rings. The van der Waals surface area contributed by atoms with Crippen molar-refractivity contribution in [1.29, 1.82) is 0 Å². The lowest BCUT2D eigenvalue weighted by atomic mass is 10.1. The number of hydrogen-bond donors (Lipinski definition) is 1. The maximum absolute atomic E-state index is 10.7. The van der Waals surface area contributed by atoms with E-state index in [1.54, 1.807) is 6.92 Å². The van der Waals surface area contributed by atoms with Crippen LogP contribution in [0.1, 0.15) is 52.5 Å². The van der Waals surface area contributed by atoms with Gasteiger partial charge in [-0.05, 0) is 47.0 Å². The second kappa shape index (κ2) is 12.3. The molecule has 1 fully saturated rings. The van der Waals surface area contributed by atoms with Crippen molar-refractivity contribution in [2.75, 3.05) is 20.1 Å². The summed E-state index contributed by atoms with van der Waals surface area (Å²) in [7, 11) is 1.54. The molecule has 2 rings (SSSR count). The minimum absolute atomic E-state index is 0.231. The molecule has 5 heteroatoms. The normalized spacial score (nSPS) is 13.4.